The highest BCUT2D eigenvalue weighted by atomic mass is 35.5. The Morgan fingerprint density at radius 1 is 1.13 bits per heavy atom. The lowest BCUT2D eigenvalue weighted by atomic mass is 10.0. The number of likely N-dealkylation sites (N-methyl/N-ethyl adjacent to an activating group) is 1. The molecule has 0 saturated carbocycles. The zero-order valence-corrected chi connectivity index (χ0v) is 18.6. The minimum atomic E-state index is -3.86. The number of sulfonamides is 1. The third kappa shape index (κ3) is 4.91. The zero-order valence-electron chi connectivity index (χ0n) is 17.0. The number of nitrogens with zero attached hydrogens (tertiary/aromatic N) is 2. The molecule has 1 unspecified atom stereocenters. The van der Waals surface area contributed by atoms with Crippen LogP contribution in [0.25, 0.3) is 0 Å². The van der Waals surface area contributed by atoms with Crippen molar-refractivity contribution in [3.05, 3.63) is 64.7 Å². The molecule has 2 aromatic carbocycles. The van der Waals surface area contributed by atoms with E-state index in [-0.39, 0.29) is 23.1 Å². The molecule has 0 aliphatic carbocycles. The van der Waals surface area contributed by atoms with Crippen molar-refractivity contribution in [3.8, 4) is 0 Å². The molecule has 8 heteroatoms. The number of hydrogen-bond acceptors (Lipinski definition) is 4. The largest absolute Gasteiger partial charge is 0.340 e. The number of carbonyl (C=O) groups excluding carboxylic acids is 2. The van der Waals surface area contributed by atoms with Gasteiger partial charge in [-0.2, -0.15) is 4.31 Å². The minimum absolute atomic E-state index is 0.0877. The number of piperidine rings is 1. The first-order valence-electron chi connectivity index (χ1n) is 9.82. The topological polar surface area (TPSA) is 74.8 Å². The SMILES string of the molecule is CC(=O)c1ccc(S(=O)(=O)N2CCCCC2C(=O)N(C)Cc2cccc(Cl)c2)cc1. The summed E-state index contributed by atoms with van der Waals surface area (Å²) in [5.41, 5.74) is 1.32. The van der Waals surface area contributed by atoms with E-state index in [2.05, 4.69) is 0 Å². The van der Waals surface area contributed by atoms with Crippen molar-refractivity contribution in [2.24, 2.45) is 0 Å². The van der Waals surface area contributed by atoms with Gasteiger partial charge in [-0.25, -0.2) is 8.42 Å². The van der Waals surface area contributed by atoms with E-state index in [1.54, 1.807) is 24.1 Å². The molecule has 0 bridgehead atoms. The summed E-state index contributed by atoms with van der Waals surface area (Å²) in [4.78, 5) is 26.3. The number of hydrogen-bond donors (Lipinski definition) is 0. The molecule has 1 amide bonds. The molecule has 0 aromatic heterocycles. The second-order valence-corrected chi connectivity index (χ2v) is 9.86. The fraction of sp³-hybridized carbons (Fsp3) is 0.364. The van der Waals surface area contributed by atoms with Gasteiger partial charge in [-0.1, -0.05) is 42.3 Å². The summed E-state index contributed by atoms with van der Waals surface area (Å²) in [7, 11) is -2.19. The smallest absolute Gasteiger partial charge is 0.243 e. The number of rotatable bonds is 6. The van der Waals surface area contributed by atoms with Crippen molar-refractivity contribution in [1.29, 1.82) is 0 Å². The van der Waals surface area contributed by atoms with Crippen molar-refractivity contribution in [1.82, 2.24) is 9.21 Å². The second-order valence-electron chi connectivity index (χ2n) is 7.53. The Labute approximate surface area is 182 Å². The molecule has 30 heavy (non-hydrogen) atoms. The molecule has 0 spiro atoms. The number of halogens is 1. The number of benzene rings is 2. The van der Waals surface area contributed by atoms with E-state index in [1.807, 2.05) is 12.1 Å². The van der Waals surface area contributed by atoms with Crippen LogP contribution in [-0.4, -0.2) is 48.9 Å². The second kappa shape index (κ2) is 9.29. The molecule has 1 aliphatic heterocycles. The first kappa shape index (κ1) is 22.5. The van der Waals surface area contributed by atoms with Crippen molar-refractivity contribution in [2.75, 3.05) is 13.6 Å². The first-order chi connectivity index (χ1) is 14.2. The molecular formula is C22H25ClN2O4S. The predicted octanol–water partition coefficient (Wildman–Crippen LogP) is 3.74. The van der Waals surface area contributed by atoms with Gasteiger partial charge in [0, 0.05) is 30.7 Å². The maximum Gasteiger partial charge on any atom is 0.243 e. The Morgan fingerprint density at radius 2 is 1.83 bits per heavy atom. The molecule has 0 radical (unpaired) electrons. The van der Waals surface area contributed by atoms with Gasteiger partial charge in [0.1, 0.15) is 6.04 Å². The highest BCUT2D eigenvalue weighted by molar-refractivity contribution is 7.89. The molecule has 2 aromatic rings. The fourth-order valence-corrected chi connectivity index (χ4v) is 5.54. The van der Waals surface area contributed by atoms with Gasteiger partial charge in [0.15, 0.2) is 5.78 Å². The fourth-order valence-electron chi connectivity index (χ4n) is 3.68. The van der Waals surface area contributed by atoms with Crippen LogP contribution >= 0.6 is 11.6 Å². The lowest BCUT2D eigenvalue weighted by Crippen LogP contribution is -2.52. The Kier molecular flexibility index (Phi) is 6.95. The van der Waals surface area contributed by atoms with Crippen molar-refractivity contribution in [3.63, 3.8) is 0 Å². The van der Waals surface area contributed by atoms with Crippen LogP contribution in [0, 0.1) is 0 Å². The normalized spacial score (nSPS) is 17.5. The minimum Gasteiger partial charge on any atom is -0.340 e. The van der Waals surface area contributed by atoms with E-state index in [9.17, 15) is 18.0 Å². The van der Waals surface area contributed by atoms with Crippen LogP contribution in [0.5, 0.6) is 0 Å². The van der Waals surface area contributed by atoms with E-state index >= 15 is 0 Å². The summed E-state index contributed by atoms with van der Waals surface area (Å²) in [5, 5.41) is 0.587. The van der Waals surface area contributed by atoms with Gasteiger partial charge < -0.3 is 4.90 Å². The van der Waals surface area contributed by atoms with Gasteiger partial charge >= 0.3 is 0 Å². The van der Waals surface area contributed by atoms with Gasteiger partial charge in [0.25, 0.3) is 0 Å². The Hall–Kier alpha value is -2.22. The van der Waals surface area contributed by atoms with Gasteiger partial charge in [-0.05, 0) is 49.6 Å². The lowest BCUT2D eigenvalue weighted by molar-refractivity contribution is -0.135. The molecule has 1 saturated heterocycles. The average molecular weight is 449 g/mol. The molecule has 1 aliphatic rings. The highest BCUT2D eigenvalue weighted by Gasteiger charge is 2.38. The molecule has 0 N–H and O–H groups in total. The van der Waals surface area contributed by atoms with Gasteiger partial charge in [-0.15, -0.1) is 0 Å². The van der Waals surface area contributed by atoms with E-state index in [1.165, 1.54) is 35.5 Å². The summed E-state index contributed by atoms with van der Waals surface area (Å²) in [6.45, 7) is 2.06. The van der Waals surface area contributed by atoms with E-state index in [0.29, 0.717) is 30.0 Å². The lowest BCUT2D eigenvalue weighted by Gasteiger charge is -2.35. The molecule has 3 rings (SSSR count). The Balaban J connectivity index is 1.82. The zero-order chi connectivity index (χ0) is 21.9. The standard InChI is InChI=1S/C22H25ClN2O4S/c1-16(26)18-9-11-20(12-10-18)30(28,29)25-13-4-3-8-21(25)22(27)24(2)15-17-6-5-7-19(23)14-17/h5-7,9-12,14,21H,3-4,8,13,15H2,1-2H3. The predicted molar refractivity (Wildman–Crippen MR) is 116 cm³/mol. The summed E-state index contributed by atoms with van der Waals surface area (Å²) in [6, 6.07) is 12.4. The van der Waals surface area contributed by atoms with E-state index in [0.717, 1.165) is 12.0 Å². The maximum atomic E-state index is 13.3. The average Bonchev–Trinajstić information content (AvgIpc) is 2.73. The summed E-state index contributed by atoms with van der Waals surface area (Å²) < 4.78 is 27.8. The molecule has 1 fully saturated rings. The van der Waals surface area contributed by atoms with Crippen molar-refractivity contribution >= 4 is 33.3 Å². The van der Waals surface area contributed by atoms with Gasteiger partial charge in [0.05, 0.1) is 4.90 Å². The first-order valence-corrected chi connectivity index (χ1v) is 11.6. The monoisotopic (exact) mass is 448 g/mol. The third-order valence-corrected chi connectivity index (χ3v) is 7.45. The Morgan fingerprint density at radius 3 is 2.47 bits per heavy atom. The van der Waals surface area contributed by atoms with Crippen LogP contribution in [0.4, 0.5) is 0 Å². The Bertz CT molecular complexity index is 1040. The molecule has 1 atom stereocenters. The van der Waals surface area contributed by atoms with E-state index < -0.39 is 16.1 Å². The van der Waals surface area contributed by atoms with Crippen LogP contribution < -0.4 is 0 Å². The summed E-state index contributed by atoms with van der Waals surface area (Å²) >= 11 is 6.03. The van der Waals surface area contributed by atoms with Crippen LogP contribution in [0.15, 0.2) is 53.4 Å². The molecule has 6 nitrogen and oxygen atoms in total. The maximum absolute atomic E-state index is 13.3. The third-order valence-electron chi connectivity index (χ3n) is 5.29. The molecule has 160 valence electrons. The number of Topliss-reactive ketones (excluding diaryl/α,β-unsaturated/α-hetero) is 1. The number of ketones is 1. The molecular weight excluding hydrogens is 424 g/mol. The summed E-state index contributed by atoms with van der Waals surface area (Å²) in [6.07, 6.45) is 1.97. The van der Waals surface area contributed by atoms with Crippen molar-refractivity contribution in [2.45, 2.75) is 43.7 Å². The number of carbonyl (C=O) groups is 2. The van der Waals surface area contributed by atoms with Crippen LogP contribution in [0.3, 0.4) is 0 Å². The number of amides is 1. The van der Waals surface area contributed by atoms with Crippen molar-refractivity contribution < 1.29 is 18.0 Å². The molecule has 1 heterocycles. The quantitative estimate of drug-likeness (QED) is 0.631. The van der Waals surface area contributed by atoms with Gasteiger partial charge in [-0.3, -0.25) is 9.59 Å². The van der Waals surface area contributed by atoms with Crippen LogP contribution in [0.2, 0.25) is 5.02 Å². The van der Waals surface area contributed by atoms with E-state index in [4.69, 9.17) is 11.6 Å². The van der Waals surface area contributed by atoms with Gasteiger partial charge in [0.2, 0.25) is 15.9 Å². The summed E-state index contributed by atoms with van der Waals surface area (Å²) in [5.74, 6) is -0.369. The van der Waals surface area contributed by atoms with Crippen LogP contribution in [0.1, 0.15) is 42.1 Å². The highest BCUT2D eigenvalue weighted by Crippen LogP contribution is 2.27. The van der Waals surface area contributed by atoms with Crippen LogP contribution in [-0.2, 0) is 21.4 Å².